The van der Waals surface area contributed by atoms with Crippen molar-refractivity contribution < 1.29 is 54.7 Å². The van der Waals surface area contributed by atoms with Crippen LogP contribution in [0.25, 0.3) is 0 Å². The van der Waals surface area contributed by atoms with Crippen LogP contribution in [-0.4, -0.2) is 46.5 Å². The van der Waals surface area contributed by atoms with Crippen molar-refractivity contribution in [2.75, 3.05) is 0 Å². The minimum Gasteiger partial charge on any atom is -0.432 e. The molecule has 0 radical (unpaired) electrons. The molecule has 1 saturated carbocycles. The smallest absolute Gasteiger partial charge is 0.432 e. The number of oxime groups is 1. The molecule has 1 fully saturated rings. The van der Waals surface area contributed by atoms with E-state index >= 15 is 0 Å². The van der Waals surface area contributed by atoms with Gasteiger partial charge >= 0.3 is 18.4 Å². The van der Waals surface area contributed by atoms with Crippen LogP contribution in [0.15, 0.2) is 35.5 Å². The predicted octanol–water partition coefficient (Wildman–Crippen LogP) is 8.02. The fourth-order valence-electron chi connectivity index (χ4n) is 4.44. The van der Waals surface area contributed by atoms with Crippen LogP contribution in [0.2, 0.25) is 10.0 Å². The van der Waals surface area contributed by atoms with Gasteiger partial charge in [-0.15, -0.1) is 0 Å². The molecule has 2 aromatic carbocycles. The summed E-state index contributed by atoms with van der Waals surface area (Å²) in [6.45, 7) is 2.87. The van der Waals surface area contributed by atoms with Crippen LogP contribution in [0, 0.1) is 12.7 Å². The lowest BCUT2D eigenvalue weighted by Crippen LogP contribution is -2.47. The first-order valence-electron chi connectivity index (χ1n) is 12.6. The molecule has 2 aromatic rings. The minimum atomic E-state index is -5.08. The number of benzene rings is 2. The van der Waals surface area contributed by atoms with Gasteiger partial charge in [0.15, 0.2) is 5.82 Å². The van der Waals surface area contributed by atoms with Crippen molar-refractivity contribution in [1.82, 2.24) is 4.90 Å². The monoisotopic (exact) mass is 656 g/mol. The number of halogens is 9. The number of hydrogen-bond donors (Lipinski definition) is 0. The third-order valence-corrected chi connectivity index (χ3v) is 7.58. The molecule has 1 aliphatic heterocycles. The number of hydrogen-bond acceptors (Lipinski definition) is 6. The van der Waals surface area contributed by atoms with Crippen LogP contribution in [0.3, 0.4) is 0 Å². The molecule has 0 N–H and O–H groups in total. The van der Waals surface area contributed by atoms with Crippen LogP contribution in [0.1, 0.15) is 66.1 Å². The van der Waals surface area contributed by atoms with Crippen LogP contribution < -0.4 is 0 Å². The number of ether oxygens (including phenoxy) is 1. The van der Waals surface area contributed by atoms with Gasteiger partial charge in [-0.2, -0.15) is 31.2 Å². The molecule has 4 rings (SSSR count). The summed E-state index contributed by atoms with van der Waals surface area (Å²) in [7, 11) is 0. The van der Waals surface area contributed by atoms with Gasteiger partial charge < -0.3 is 9.57 Å². The molecule has 1 unspecified atom stereocenters. The Morgan fingerprint density at radius 2 is 1.63 bits per heavy atom. The average Bonchev–Trinajstić information content (AvgIpc) is 3.54. The zero-order valence-corrected chi connectivity index (χ0v) is 23.8. The maximum absolute atomic E-state index is 14.3. The average molecular weight is 657 g/mol. The molecule has 3 amide bonds. The van der Waals surface area contributed by atoms with Gasteiger partial charge in [-0.25, -0.2) is 9.18 Å². The van der Waals surface area contributed by atoms with Crippen molar-refractivity contribution >= 4 is 46.8 Å². The topological polar surface area (TPSA) is 85.3 Å². The van der Waals surface area contributed by atoms with E-state index in [-0.39, 0.29) is 40.1 Å². The fourth-order valence-corrected chi connectivity index (χ4v) is 4.93. The molecule has 232 valence electrons. The van der Waals surface area contributed by atoms with Gasteiger partial charge in [-0.3, -0.25) is 9.59 Å². The molecular formula is C27H21Cl2F7N2O5. The molecule has 1 aliphatic carbocycles. The molecule has 0 bridgehead atoms. The lowest BCUT2D eigenvalue weighted by molar-refractivity contribution is -0.275. The van der Waals surface area contributed by atoms with E-state index in [1.807, 2.05) is 0 Å². The molecule has 0 saturated heterocycles. The summed E-state index contributed by atoms with van der Waals surface area (Å²) in [5.74, 6) is -3.50. The number of aryl methyl sites for hydroxylation is 1. The molecule has 16 heteroatoms. The Morgan fingerprint density at radius 1 is 1.02 bits per heavy atom. The van der Waals surface area contributed by atoms with Gasteiger partial charge in [0.2, 0.25) is 11.5 Å². The Kier molecular flexibility index (Phi) is 8.52. The Labute approximate surface area is 249 Å². The molecule has 43 heavy (non-hydrogen) atoms. The van der Waals surface area contributed by atoms with Crippen molar-refractivity contribution in [2.45, 2.75) is 69.5 Å². The van der Waals surface area contributed by atoms with Gasteiger partial charge in [0.1, 0.15) is 0 Å². The summed E-state index contributed by atoms with van der Waals surface area (Å²) in [6.07, 6.45) is -14.0. The highest BCUT2D eigenvalue weighted by Crippen LogP contribution is 2.53. The zero-order chi connectivity index (χ0) is 32.1. The highest BCUT2D eigenvalue weighted by molar-refractivity contribution is 6.35. The molecular weight excluding hydrogens is 636 g/mol. The van der Waals surface area contributed by atoms with Crippen molar-refractivity contribution in [3.05, 3.63) is 68.4 Å². The van der Waals surface area contributed by atoms with E-state index in [1.165, 1.54) is 13.0 Å². The zero-order valence-electron chi connectivity index (χ0n) is 22.3. The van der Waals surface area contributed by atoms with E-state index in [1.54, 1.807) is 6.92 Å². The highest BCUT2D eigenvalue weighted by Gasteiger charge is 2.68. The largest absolute Gasteiger partial charge is 0.435 e. The Hall–Kier alpha value is -3.39. The molecule has 7 nitrogen and oxygen atoms in total. The van der Waals surface area contributed by atoms with Crippen LogP contribution >= 0.6 is 23.2 Å². The molecule has 1 heterocycles. The van der Waals surface area contributed by atoms with Crippen molar-refractivity contribution in [3.63, 3.8) is 0 Å². The van der Waals surface area contributed by atoms with E-state index < -0.39 is 82.2 Å². The lowest BCUT2D eigenvalue weighted by atomic mass is 9.86. The third-order valence-electron chi connectivity index (χ3n) is 7.03. The number of nitrogens with zero attached hydrogens (tertiary/aromatic N) is 2. The second-order valence-electron chi connectivity index (χ2n) is 10.1. The second-order valence-corrected chi connectivity index (χ2v) is 10.9. The molecule has 1 atom stereocenters. The standard InChI is InChI=1S/C27H21Cl2F7N2O5/c1-3-4-20(39)38(23(41)42-24(7-8-24)26(31,32)33)22(40)16-6-5-14(9-13(16)2)19-12-25(43-37-19,27(34,35)36)15-10-17(28)21(30)18(29)11-15/h5-6,9-11H,3-4,7-8,12H2,1-2H3. The maximum Gasteiger partial charge on any atom is 0.435 e. The number of imide groups is 3. The third kappa shape index (κ3) is 5.91. The first-order valence-corrected chi connectivity index (χ1v) is 13.4. The van der Waals surface area contributed by atoms with Gasteiger partial charge in [-0.05, 0) is 48.7 Å². The van der Waals surface area contributed by atoms with Crippen LogP contribution in [-0.2, 0) is 20.0 Å². The SMILES string of the molecule is CCCC(=O)N(C(=O)OC1(C(F)(F)F)CC1)C(=O)c1ccc(C2=NOC(c3cc(Cl)c(F)c(Cl)c3)(C(F)(F)F)C2)cc1C. The molecule has 2 aliphatic rings. The van der Waals surface area contributed by atoms with Crippen molar-refractivity contribution in [2.24, 2.45) is 5.16 Å². The Morgan fingerprint density at radius 3 is 2.12 bits per heavy atom. The second kappa shape index (κ2) is 11.3. The van der Waals surface area contributed by atoms with Crippen molar-refractivity contribution in [3.8, 4) is 0 Å². The Bertz CT molecular complexity index is 1500. The van der Waals surface area contributed by atoms with E-state index in [4.69, 9.17) is 28.0 Å². The summed E-state index contributed by atoms with van der Waals surface area (Å²) in [6, 6.07) is 4.88. The highest BCUT2D eigenvalue weighted by atomic mass is 35.5. The van der Waals surface area contributed by atoms with Crippen molar-refractivity contribution in [1.29, 1.82) is 0 Å². The quantitative estimate of drug-likeness (QED) is 0.232. The summed E-state index contributed by atoms with van der Waals surface area (Å²) in [5, 5.41) is 2.22. The molecule has 0 spiro atoms. The number of carbonyl (C=O) groups excluding carboxylic acids is 3. The van der Waals surface area contributed by atoms with Crippen LogP contribution in [0.5, 0.6) is 0 Å². The first kappa shape index (κ1) is 32.5. The van der Waals surface area contributed by atoms with E-state index in [0.717, 1.165) is 12.1 Å². The number of amides is 3. The van der Waals surface area contributed by atoms with E-state index in [2.05, 4.69) is 9.89 Å². The Balaban J connectivity index is 1.63. The van der Waals surface area contributed by atoms with E-state index in [9.17, 15) is 45.1 Å². The molecule has 0 aromatic heterocycles. The van der Waals surface area contributed by atoms with Gasteiger partial charge in [-0.1, -0.05) is 41.3 Å². The van der Waals surface area contributed by atoms with Gasteiger partial charge in [0.25, 0.3) is 11.5 Å². The first-order chi connectivity index (χ1) is 19.9. The van der Waals surface area contributed by atoms with E-state index in [0.29, 0.717) is 12.1 Å². The maximum atomic E-state index is 14.3. The summed E-state index contributed by atoms with van der Waals surface area (Å²) >= 11 is 11.4. The lowest BCUT2D eigenvalue weighted by Gasteiger charge is -2.29. The fraction of sp³-hybridized carbons (Fsp3) is 0.407. The number of carbonyl (C=O) groups is 3. The van der Waals surface area contributed by atoms with Gasteiger partial charge in [0, 0.05) is 36.8 Å². The summed E-state index contributed by atoms with van der Waals surface area (Å²) in [4.78, 5) is 43.5. The normalized spacial score (nSPS) is 19.4. The summed E-state index contributed by atoms with van der Waals surface area (Å²) in [5.41, 5.74) is -6.95. The van der Waals surface area contributed by atoms with Crippen LogP contribution in [0.4, 0.5) is 35.5 Å². The van der Waals surface area contributed by atoms with Gasteiger partial charge in [0.05, 0.1) is 15.8 Å². The predicted molar refractivity (Wildman–Crippen MR) is 138 cm³/mol. The minimum absolute atomic E-state index is 0.00971. The summed E-state index contributed by atoms with van der Waals surface area (Å²) < 4.78 is 102. The number of alkyl halides is 6. The number of rotatable bonds is 6.